The molecule has 1 amide bonds. The summed E-state index contributed by atoms with van der Waals surface area (Å²) in [7, 11) is 0. The molecule has 2 aromatic rings. The number of carbonyl (C=O) groups is 1. The average Bonchev–Trinajstić information content (AvgIpc) is 3.02. The Bertz CT molecular complexity index is 554. The minimum atomic E-state index is 0.00303. The minimum Gasteiger partial charge on any atom is -0.330 e. The third kappa shape index (κ3) is 4.64. The Morgan fingerprint density at radius 2 is 2.00 bits per heavy atom. The lowest BCUT2D eigenvalue weighted by Gasteiger charge is -2.10. The van der Waals surface area contributed by atoms with Crippen LogP contribution in [0.25, 0.3) is 5.69 Å². The van der Waals surface area contributed by atoms with Gasteiger partial charge in [-0.15, -0.1) is 5.10 Å². The molecule has 0 bridgehead atoms. The number of tetrazole rings is 1. The van der Waals surface area contributed by atoms with Gasteiger partial charge in [-0.3, -0.25) is 4.79 Å². The summed E-state index contributed by atoms with van der Waals surface area (Å²) in [6.45, 7) is 0.714. The number of unbranched alkanes of at least 4 members (excludes halogenated alkanes) is 3. The number of nitrogens with two attached hydrogens (primary N) is 1. The fraction of sp³-hybridized carbons (Fsp3) is 0.429. The number of carbonyl (C=O) groups excluding carboxylic acids is 1. The molecule has 3 N–H and O–H groups in total. The zero-order valence-electron chi connectivity index (χ0n) is 11.9. The van der Waals surface area contributed by atoms with Crippen molar-refractivity contribution in [2.75, 3.05) is 11.9 Å². The number of amides is 1. The molecule has 0 fully saturated rings. The minimum absolute atomic E-state index is 0.00303. The van der Waals surface area contributed by atoms with E-state index in [-0.39, 0.29) is 5.91 Å². The second kappa shape index (κ2) is 8.11. The Morgan fingerprint density at radius 3 is 2.76 bits per heavy atom. The van der Waals surface area contributed by atoms with Gasteiger partial charge in [-0.2, -0.15) is 4.68 Å². The third-order valence-electron chi connectivity index (χ3n) is 3.13. The first kappa shape index (κ1) is 15.1. The van der Waals surface area contributed by atoms with Crippen LogP contribution in [0.15, 0.2) is 30.6 Å². The van der Waals surface area contributed by atoms with Crippen LogP contribution in [0, 0.1) is 0 Å². The largest absolute Gasteiger partial charge is 0.330 e. The molecule has 0 spiro atoms. The molecule has 1 heterocycles. The van der Waals surface area contributed by atoms with E-state index in [1.54, 1.807) is 0 Å². The van der Waals surface area contributed by atoms with Crippen molar-refractivity contribution < 1.29 is 4.79 Å². The molecule has 112 valence electrons. The second-order valence-electron chi connectivity index (χ2n) is 4.77. The zero-order valence-corrected chi connectivity index (χ0v) is 11.9. The molecular formula is C14H20N6O. The topological polar surface area (TPSA) is 98.7 Å². The molecule has 0 radical (unpaired) electrons. The Hall–Kier alpha value is -2.28. The van der Waals surface area contributed by atoms with E-state index < -0.39 is 0 Å². The number of rotatable bonds is 8. The summed E-state index contributed by atoms with van der Waals surface area (Å²) < 4.78 is 1.52. The lowest BCUT2D eigenvalue weighted by atomic mass is 10.1. The molecule has 1 aromatic carbocycles. The summed E-state index contributed by atoms with van der Waals surface area (Å²) in [6.07, 6.45) is 6.00. The van der Waals surface area contributed by atoms with Gasteiger partial charge in [-0.25, -0.2) is 0 Å². The van der Waals surface area contributed by atoms with Crippen molar-refractivity contribution >= 4 is 11.6 Å². The first-order valence-corrected chi connectivity index (χ1v) is 7.13. The van der Waals surface area contributed by atoms with E-state index in [4.69, 9.17) is 5.73 Å². The highest BCUT2D eigenvalue weighted by atomic mass is 16.1. The Labute approximate surface area is 123 Å². The quantitative estimate of drug-likeness (QED) is 0.717. The van der Waals surface area contributed by atoms with Gasteiger partial charge in [0.25, 0.3) is 0 Å². The fourth-order valence-corrected chi connectivity index (χ4v) is 2.05. The van der Waals surface area contributed by atoms with E-state index in [0.29, 0.717) is 18.7 Å². The molecular weight excluding hydrogens is 268 g/mol. The van der Waals surface area contributed by atoms with E-state index in [1.807, 2.05) is 24.3 Å². The SMILES string of the molecule is NCCCCCCC(=O)Nc1ccccc1-n1cnnn1. The molecule has 21 heavy (non-hydrogen) atoms. The molecule has 0 saturated carbocycles. The maximum absolute atomic E-state index is 12.0. The molecule has 0 aliphatic carbocycles. The van der Waals surface area contributed by atoms with Gasteiger partial charge in [0.1, 0.15) is 6.33 Å². The number of hydrogen-bond donors (Lipinski definition) is 2. The highest BCUT2D eigenvalue weighted by molar-refractivity contribution is 5.92. The molecule has 0 saturated heterocycles. The molecule has 0 aliphatic heterocycles. The summed E-state index contributed by atoms with van der Waals surface area (Å²) >= 11 is 0. The summed E-state index contributed by atoms with van der Waals surface area (Å²) in [6, 6.07) is 7.43. The number of nitrogens with one attached hydrogen (secondary N) is 1. The van der Waals surface area contributed by atoms with Crippen molar-refractivity contribution in [3.05, 3.63) is 30.6 Å². The monoisotopic (exact) mass is 288 g/mol. The predicted molar refractivity (Wildman–Crippen MR) is 79.9 cm³/mol. The first-order valence-electron chi connectivity index (χ1n) is 7.13. The van der Waals surface area contributed by atoms with Gasteiger partial charge in [0, 0.05) is 6.42 Å². The maximum Gasteiger partial charge on any atom is 0.224 e. The van der Waals surface area contributed by atoms with E-state index in [1.165, 1.54) is 11.0 Å². The Balaban J connectivity index is 1.89. The summed E-state index contributed by atoms with van der Waals surface area (Å²) in [4.78, 5) is 12.0. The van der Waals surface area contributed by atoms with Crippen molar-refractivity contribution in [1.82, 2.24) is 20.2 Å². The van der Waals surface area contributed by atoms with Gasteiger partial charge in [0.15, 0.2) is 0 Å². The predicted octanol–water partition coefficient (Wildman–Crippen LogP) is 1.51. The number of benzene rings is 1. The van der Waals surface area contributed by atoms with Gasteiger partial charge in [-0.1, -0.05) is 25.0 Å². The first-order chi connectivity index (χ1) is 10.3. The second-order valence-corrected chi connectivity index (χ2v) is 4.77. The van der Waals surface area contributed by atoms with E-state index in [9.17, 15) is 4.79 Å². The lowest BCUT2D eigenvalue weighted by molar-refractivity contribution is -0.116. The number of hydrogen-bond acceptors (Lipinski definition) is 5. The number of anilines is 1. The highest BCUT2D eigenvalue weighted by Gasteiger charge is 2.08. The number of aromatic nitrogens is 4. The summed E-state index contributed by atoms with van der Waals surface area (Å²) in [5.74, 6) is 0.00303. The van der Waals surface area contributed by atoms with Crippen LogP contribution < -0.4 is 11.1 Å². The highest BCUT2D eigenvalue weighted by Crippen LogP contribution is 2.18. The van der Waals surface area contributed by atoms with Crippen LogP contribution in [-0.2, 0) is 4.79 Å². The van der Waals surface area contributed by atoms with Crippen molar-refractivity contribution in [3.8, 4) is 5.69 Å². The van der Waals surface area contributed by atoms with Crippen molar-refractivity contribution in [2.45, 2.75) is 32.1 Å². The fourth-order valence-electron chi connectivity index (χ4n) is 2.05. The molecule has 1 aromatic heterocycles. The van der Waals surface area contributed by atoms with Gasteiger partial charge in [0.05, 0.1) is 11.4 Å². The summed E-state index contributed by atoms with van der Waals surface area (Å²) in [5.41, 5.74) is 6.89. The van der Waals surface area contributed by atoms with Crippen LogP contribution in [0.5, 0.6) is 0 Å². The van der Waals surface area contributed by atoms with Gasteiger partial charge >= 0.3 is 0 Å². The van der Waals surface area contributed by atoms with Gasteiger partial charge in [0.2, 0.25) is 5.91 Å². The lowest BCUT2D eigenvalue weighted by Crippen LogP contribution is -2.13. The molecule has 7 heteroatoms. The van der Waals surface area contributed by atoms with Gasteiger partial charge in [-0.05, 0) is 41.9 Å². The molecule has 2 rings (SSSR count). The van der Waals surface area contributed by atoms with Crippen LogP contribution in [0.3, 0.4) is 0 Å². The standard InChI is InChI=1S/C14H20N6O/c15-10-6-2-1-3-9-14(21)17-12-7-4-5-8-13(12)20-11-16-18-19-20/h4-5,7-8,11H,1-3,6,9-10,15H2,(H,17,21). The molecule has 7 nitrogen and oxygen atoms in total. The van der Waals surface area contributed by atoms with Crippen LogP contribution in [-0.4, -0.2) is 32.7 Å². The summed E-state index contributed by atoms with van der Waals surface area (Å²) in [5, 5.41) is 14.0. The van der Waals surface area contributed by atoms with E-state index in [2.05, 4.69) is 20.8 Å². The maximum atomic E-state index is 12.0. The van der Waals surface area contributed by atoms with E-state index >= 15 is 0 Å². The normalized spacial score (nSPS) is 10.5. The number of nitrogens with zero attached hydrogens (tertiary/aromatic N) is 4. The average molecular weight is 288 g/mol. The van der Waals surface area contributed by atoms with E-state index in [0.717, 1.165) is 31.4 Å². The van der Waals surface area contributed by atoms with Crippen LogP contribution in [0.2, 0.25) is 0 Å². The zero-order chi connectivity index (χ0) is 14.9. The van der Waals surface area contributed by atoms with Crippen molar-refractivity contribution in [2.24, 2.45) is 5.73 Å². The third-order valence-corrected chi connectivity index (χ3v) is 3.13. The van der Waals surface area contributed by atoms with Crippen molar-refractivity contribution in [1.29, 1.82) is 0 Å². The van der Waals surface area contributed by atoms with Crippen LogP contribution in [0.4, 0.5) is 5.69 Å². The van der Waals surface area contributed by atoms with Crippen LogP contribution in [0.1, 0.15) is 32.1 Å². The Morgan fingerprint density at radius 1 is 1.19 bits per heavy atom. The molecule has 0 atom stereocenters. The smallest absolute Gasteiger partial charge is 0.224 e. The molecule has 0 unspecified atom stereocenters. The molecule has 0 aliphatic rings. The van der Waals surface area contributed by atoms with Gasteiger partial charge < -0.3 is 11.1 Å². The Kier molecular flexibility index (Phi) is 5.83. The van der Waals surface area contributed by atoms with Crippen molar-refractivity contribution in [3.63, 3.8) is 0 Å². The van der Waals surface area contributed by atoms with Crippen LogP contribution >= 0.6 is 0 Å². The number of para-hydroxylation sites is 2.